The lowest BCUT2D eigenvalue weighted by Gasteiger charge is -2.24. The number of carbonyl (C=O) groups excluding carboxylic acids is 1. The summed E-state index contributed by atoms with van der Waals surface area (Å²) in [6.45, 7) is 4.67. The molecule has 0 heterocycles. The highest BCUT2D eigenvalue weighted by Gasteiger charge is 2.18. The number of nitrogens with zero attached hydrogens (tertiary/aromatic N) is 1. The summed E-state index contributed by atoms with van der Waals surface area (Å²) < 4.78 is 0. The summed E-state index contributed by atoms with van der Waals surface area (Å²) >= 11 is 0. The standard InChI is InChI=1S/C22H24N2O/c1-16-8-4-7-11-21(16)23-22(25)17(2)24(3)15-18-12-13-19-9-5-6-10-20(19)14-18/h4-14,17H,15H2,1-3H3,(H,23,25). The van der Waals surface area contributed by atoms with Gasteiger partial charge in [0.1, 0.15) is 0 Å². The molecule has 3 aromatic carbocycles. The van der Waals surface area contributed by atoms with Crippen molar-refractivity contribution in [3.8, 4) is 0 Å². The fourth-order valence-corrected chi connectivity index (χ4v) is 2.91. The Morgan fingerprint density at radius 3 is 2.44 bits per heavy atom. The van der Waals surface area contributed by atoms with Gasteiger partial charge in [-0.2, -0.15) is 0 Å². The van der Waals surface area contributed by atoms with Crippen LogP contribution < -0.4 is 5.32 Å². The number of likely N-dealkylation sites (N-methyl/N-ethyl adjacent to an activating group) is 1. The van der Waals surface area contributed by atoms with Gasteiger partial charge in [-0.05, 0) is 54.9 Å². The van der Waals surface area contributed by atoms with E-state index in [1.807, 2.05) is 57.3 Å². The average molecular weight is 332 g/mol. The molecule has 25 heavy (non-hydrogen) atoms. The topological polar surface area (TPSA) is 32.3 Å². The van der Waals surface area contributed by atoms with Crippen molar-refractivity contribution in [2.45, 2.75) is 26.4 Å². The molecule has 0 aliphatic heterocycles. The van der Waals surface area contributed by atoms with Gasteiger partial charge in [0, 0.05) is 12.2 Å². The van der Waals surface area contributed by atoms with E-state index < -0.39 is 0 Å². The second-order valence-electron chi connectivity index (χ2n) is 6.58. The van der Waals surface area contributed by atoms with E-state index in [9.17, 15) is 4.79 Å². The minimum atomic E-state index is -0.217. The van der Waals surface area contributed by atoms with E-state index in [0.29, 0.717) is 0 Å². The van der Waals surface area contributed by atoms with E-state index >= 15 is 0 Å². The number of hydrogen-bond donors (Lipinski definition) is 1. The van der Waals surface area contributed by atoms with Gasteiger partial charge >= 0.3 is 0 Å². The first kappa shape index (κ1) is 17.2. The van der Waals surface area contributed by atoms with Crippen LogP contribution in [0.3, 0.4) is 0 Å². The smallest absolute Gasteiger partial charge is 0.241 e. The largest absolute Gasteiger partial charge is 0.324 e. The molecule has 128 valence electrons. The maximum absolute atomic E-state index is 12.6. The highest BCUT2D eigenvalue weighted by atomic mass is 16.2. The van der Waals surface area contributed by atoms with Crippen LogP contribution in [0.4, 0.5) is 5.69 Å². The fourth-order valence-electron chi connectivity index (χ4n) is 2.91. The van der Waals surface area contributed by atoms with Gasteiger partial charge in [-0.15, -0.1) is 0 Å². The predicted octanol–water partition coefficient (Wildman–Crippen LogP) is 4.61. The van der Waals surface area contributed by atoms with Crippen LogP contribution in [0.2, 0.25) is 0 Å². The number of amides is 1. The first-order valence-corrected chi connectivity index (χ1v) is 8.59. The SMILES string of the molecule is Cc1ccccc1NC(=O)C(C)N(C)Cc1ccc2ccccc2c1. The zero-order valence-corrected chi connectivity index (χ0v) is 15.0. The molecular formula is C22H24N2O. The number of para-hydroxylation sites is 1. The van der Waals surface area contributed by atoms with Crippen LogP contribution >= 0.6 is 0 Å². The molecule has 0 bridgehead atoms. The Morgan fingerprint density at radius 2 is 1.68 bits per heavy atom. The quantitative estimate of drug-likeness (QED) is 0.740. The van der Waals surface area contributed by atoms with Crippen LogP contribution in [0, 0.1) is 6.92 Å². The van der Waals surface area contributed by atoms with Crippen LogP contribution in [-0.2, 0) is 11.3 Å². The minimum Gasteiger partial charge on any atom is -0.324 e. The molecule has 1 N–H and O–H groups in total. The molecule has 1 unspecified atom stereocenters. The molecule has 0 aromatic heterocycles. The third-order valence-corrected chi connectivity index (χ3v) is 4.69. The Balaban J connectivity index is 1.67. The van der Waals surface area contributed by atoms with Crippen LogP contribution in [0.15, 0.2) is 66.7 Å². The molecule has 1 atom stereocenters. The fraction of sp³-hybridized carbons (Fsp3) is 0.227. The number of nitrogens with one attached hydrogen (secondary N) is 1. The molecule has 3 nitrogen and oxygen atoms in total. The Morgan fingerprint density at radius 1 is 1.00 bits per heavy atom. The van der Waals surface area contributed by atoms with E-state index in [4.69, 9.17) is 0 Å². The first-order valence-electron chi connectivity index (χ1n) is 8.59. The van der Waals surface area contributed by atoms with Gasteiger partial charge in [-0.1, -0.05) is 54.6 Å². The van der Waals surface area contributed by atoms with Crippen molar-refractivity contribution in [3.05, 3.63) is 77.9 Å². The number of hydrogen-bond acceptors (Lipinski definition) is 2. The minimum absolute atomic E-state index is 0.0117. The van der Waals surface area contributed by atoms with E-state index in [-0.39, 0.29) is 11.9 Å². The monoisotopic (exact) mass is 332 g/mol. The summed E-state index contributed by atoms with van der Waals surface area (Å²) in [5.41, 5.74) is 3.15. The van der Waals surface area contributed by atoms with Crippen molar-refractivity contribution in [1.82, 2.24) is 4.90 Å². The number of carbonyl (C=O) groups is 1. The van der Waals surface area contributed by atoms with Crippen molar-refractivity contribution in [1.29, 1.82) is 0 Å². The van der Waals surface area contributed by atoms with E-state index in [1.54, 1.807) is 0 Å². The van der Waals surface area contributed by atoms with Crippen LogP contribution in [0.1, 0.15) is 18.1 Å². The Bertz CT molecular complexity index is 888. The van der Waals surface area contributed by atoms with Crippen molar-refractivity contribution in [2.75, 3.05) is 12.4 Å². The molecule has 3 rings (SSSR count). The second-order valence-corrected chi connectivity index (χ2v) is 6.58. The van der Waals surface area contributed by atoms with Gasteiger partial charge in [0.2, 0.25) is 5.91 Å². The zero-order chi connectivity index (χ0) is 17.8. The molecule has 0 aliphatic rings. The van der Waals surface area contributed by atoms with Crippen LogP contribution in [0.5, 0.6) is 0 Å². The van der Waals surface area contributed by atoms with Gasteiger partial charge < -0.3 is 5.32 Å². The summed E-state index contributed by atoms with van der Waals surface area (Å²) in [5.74, 6) is 0.0117. The van der Waals surface area contributed by atoms with Crippen LogP contribution in [-0.4, -0.2) is 23.9 Å². The molecule has 0 radical (unpaired) electrons. The first-order chi connectivity index (χ1) is 12.0. The number of rotatable bonds is 5. The highest BCUT2D eigenvalue weighted by Crippen LogP contribution is 2.18. The molecule has 0 aliphatic carbocycles. The average Bonchev–Trinajstić information content (AvgIpc) is 2.62. The third kappa shape index (κ3) is 4.06. The predicted molar refractivity (Wildman–Crippen MR) is 105 cm³/mol. The Labute approximate surface area is 149 Å². The number of aryl methyl sites for hydroxylation is 1. The zero-order valence-electron chi connectivity index (χ0n) is 15.0. The highest BCUT2D eigenvalue weighted by molar-refractivity contribution is 5.95. The van der Waals surface area contributed by atoms with Gasteiger partial charge in [0.15, 0.2) is 0 Å². The lowest BCUT2D eigenvalue weighted by Crippen LogP contribution is -2.39. The molecule has 3 aromatic rings. The molecule has 0 fully saturated rings. The lowest BCUT2D eigenvalue weighted by atomic mass is 10.1. The molecule has 0 saturated heterocycles. The molecule has 0 saturated carbocycles. The van der Waals surface area contributed by atoms with Crippen molar-refractivity contribution in [3.63, 3.8) is 0 Å². The van der Waals surface area contributed by atoms with Crippen LogP contribution in [0.25, 0.3) is 10.8 Å². The Kier molecular flexibility index (Phi) is 5.15. The van der Waals surface area contributed by atoms with E-state index in [2.05, 4.69) is 40.5 Å². The summed E-state index contributed by atoms with van der Waals surface area (Å²) in [4.78, 5) is 14.6. The van der Waals surface area contributed by atoms with Crippen molar-refractivity contribution < 1.29 is 4.79 Å². The number of fused-ring (bicyclic) bond motifs is 1. The van der Waals surface area contributed by atoms with Gasteiger partial charge in [0.05, 0.1) is 6.04 Å². The van der Waals surface area contributed by atoms with Crippen molar-refractivity contribution >= 4 is 22.4 Å². The van der Waals surface area contributed by atoms with Gasteiger partial charge in [0.25, 0.3) is 0 Å². The van der Waals surface area contributed by atoms with E-state index in [0.717, 1.165) is 17.8 Å². The molecule has 3 heteroatoms. The third-order valence-electron chi connectivity index (χ3n) is 4.69. The molecule has 0 spiro atoms. The normalized spacial score (nSPS) is 12.3. The maximum atomic E-state index is 12.6. The van der Waals surface area contributed by atoms with Gasteiger partial charge in [-0.3, -0.25) is 9.69 Å². The summed E-state index contributed by atoms with van der Waals surface area (Å²) in [7, 11) is 1.98. The molecule has 1 amide bonds. The van der Waals surface area contributed by atoms with E-state index in [1.165, 1.54) is 16.3 Å². The maximum Gasteiger partial charge on any atom is 0.241 e. The van der Waals surface area contributed by atoms with Crippen molar-refractivity contribution in [2.24, 2.45) is 0 Å². The number of benzene rings is 3. The molecular weight excluding hydrogens is 308 g/mol. The Hall–Kier alpha value is -2.65. The summed E-state index contributed by atoms with van der Waals surface area (Å²) in [6.07, 6.45) is 0. The lowest BCUT2D eigenvalue weighted by molar-refractivity contribution is -0.120. The summed E-state index contributed by atoms with van der Waals surface area (Å²) in [6, 6.07) is 22.4. The second kappa shape index (κ2) is 7.49. The van der Waals surface area contributed by atoms with Gasteiger partial charge in [-0.25, -0.2) is 0 Å². The summed E-state index contributed by atoms with van der Waals surface area (Å²) in [5, 5.41) is 5.49. The number of anilines is 1.